The molecule has 0 aromatic carbocycles. The Kier molecular flexibility index (Phi) is 1.39. The monoisotopic (exact) mass is 176 g/mol. The molecular formula is C10H12N2O. The van der Waals surface area contributed by atoms with Gasteiger partial charge in [0, 0.05) is 18.7 Å². The number of rotatable bonds is 0. The van der Waals surface area contributed by atoms with Gasteiger partial charge >= 0.3 is 0 Å². The molecule has 3 nitrogen and oxygen atoms in total. The van der Waals surface area contributed by atoms with Crippen LogP contribution in [0.4, 0.5) is 0 Å². The van der Waals surface area contributed by atoms with Crippen LogP contribution in [-0.4, -0.2) is 17.8 Å². The fourth-order valence-corrected chi connectivity index (χ4v) is 2.22. The van der Waals surface area contributed by atoms with Gasteiger partial charge in [0.2, 0.25) is 0 Å². The van der Waals surface area contributed by atoms with Crippen molar-refractivity contribution in [3.8, 4) is 0 Å². The number of hydrogen-bond acceptors (Lipinski definition) is 3. The first-order valence-electron chi connectivity index (χ1n) is 4.62. The highest BCUT2D eigenvalue weighted by atomic mass is 16.3. The Hall–Kier alpha value is -1.06. The normalized spacial score (nSPS) is 30.7. The molecule has 0 bridgehead atoms. The maximum Gasteiger partial charge on any atom is 0.0943 e. The zero-order chi connectivity index (χ0) is 8.84. The average Bonchev–Trinajstić information content (AvgIpc) is 2.70. The summed E-state index contributed by atoms with van der Waals surface area (Å²) in [6.45, 7) is 0.916. The lowest BCUT2D eigenvalue weighted by Crippen LogP contribution is -2.23. The van der Waals surface area contributed by atoms with E-state index in [1.54, 1.807) is 0 Å². The van der Waals surface area contributed by atoms with Crippen LogP contribution < -0.4 is 10.9 Å². The number of aliphatic hydroxyl groups excluding tert-OH is 1. The molecule has 0 spiro atoms. The summed E-state index contributed by atoms with van der Waals surface area (Å²) < 4.78 is 0. The van der Waals surface area contributed by atoms with E-state index in [1.807, 2.05) is 12.2 Å². The molecule has 1 heterocycles. The van der Waals surface area contributed by atoms with Crippen molar-refractivity contribution in [1.29, 1.82) is 0 Å². The van der Waals surface area contributed by atoms with Gasteiger partial charge < -0.3 is 10.5 Å². The highest BCUT2D eigenvalue weighted by molar-refractivity contribution is 5.47. The standard InChI is InChI=1S/C10H12N2O/c13-10-2-1-6-4-9-7(3-8(6)10)5-11-12-9/h1-2,10-13H,3-5H2. The van der Waals surface area contributed by atoms with E-state index in [9.17, 15) is 5.11 Å². The van der Waals surface area contributed by atoms with E-state index in [0.29, 0.717) is 0 Å². The summed E-state index contributed by atoms with van der Waals surface area (Å²) in [4.78, 5) is 0. The third kappa shape index (κ3) is 0.975. The van der Waals surface area contributed by atoms with Crippen molar-refractivity contribution >= 4 is 0 Å². The quantitative estimate of drug-likeness (QED) is 0.499. The number of allylic oxidation sites excluding steroid dienone is 2. The molecule has 3 N–H and O–H groups in total. The summed E-state index contributed by atoms with van der Waals surface area (Å²) >= 11 is 0. The van der Waals surface area contributed by atoms with Crippen LogP contribution in [0.15, 0.2) is 34.6 Å². The maximum atomic E-state index is 9.64. The third-order valence-electron chi connectivity index (χ3n) is 2.99. The van der Waals surface area contributed by atoms with Crippen LogP contribution in [0, 0.1) is 0 Å². The van der Waals surface area contributed by atoms with E-state index in [2.05, 4.69) is 10.9 Å². The molecule has 13 heavy (non-hydrogen) atoms. The minimum absolute atomic E-state index is 0.329. The lowest BCUT2D eigenvalue weighted by molar-refractivity contribution is 0.258. The molecule has 3 heteroatoms. The first-order valence-corrected chi connectivity index (χ1v) is 4.62. The number of hydrogen-bond donors (Lipinski definition) is 3. The summed E-state index contributed by atoms with van der Waals surface area (Å²) in [5.74, 6) is 0. The second-order valence-corrected chi connectivity index (χ2v) is 3.77. The van der Waals surface area contributed by atoms with Gasteiger partial charge in [-0.3, -0.25) is 0 Å². The Morgan fingerprint density at radius 3 is 3.23 bits per heavy atom. The minimum atomic E-state index is -0.329. The second-order valence-electron chi connectivity index (χ2n) is 3.77. The molecule has 1 aliphatic heterocycles. The maximum absolute atomic E-state index is 9.64. The van der Waals surface area contributed by atoms with Crippen molar-refractivity contribution in [2.75, 3.05) is 6.54 Å². The Morgan fingerprint density at radius 2 is 2.31 bits per heavy atom. The van der Waals surface area contributed by atoms with Gasteiger partial charge in [0.25, 0.3) is 0 Å². The number of aliphatic hydroxyl groups is 1. The molecular weight excluding hydrogens is 164 g/mol. The lowest BCUT2D eigenvalue weighted by Gasteiger charge is -2.18. The summed E-state index contributed by atoms with van der Waals surface area (Å²) in [5.41, 5.74) is 11.5. The van der Waals surface area contributed by atoms with Crippen molar-refractivity contribution in [3.05, 3.63) is 34.6 Å². The molecule has 0 radical (unpaired) electrons. The molecule has 3 rings (SSSR count). The predicted molar refractivity (Wildman–Crippen MR) is 49.6 cm³/mol. The van der Waals surface area contributed by atoms with Crippen molar-refractivity contribution in [2.45, 2.75) is 18.9 Å². The summed E-state index contributed by atoms with van der Waals surface area (Å²) in [6, 6.07) is 0. The molecule has 68 valence electrons. The Labute approximate surface area is 76.8 Å². The van der Waals surface area contributed by atoms with E-state index in [0.717, 1.165) is 19.4 Å². The van der Waals surface area contributed by atoms with Crippen LogP contribution >= 0.6 is 0 Å². The minimum Gasteiger partial charge on any atom is -0.385 e. The molecule has 1 unspecified atom stereocenters. The smallest absolute Gasteiger partial charge is 0.0943 e. The van der Waals surface area contributed by atoms with Crippen LogP contribution in [0.5, 0.6) is 0 Å². The Morgan fingerprint density at radius 1 is 1.38 bits per heavy atom. The van der Waals surface area contributed by atoms with Crippen molar-refractivity contribution < 1.29 is 5.11 Å². The van der Waals surface area contributed by atoms with Gasteiger partial charge in [-0.1, -0.05) is 12.2 Å². The molecule has 3 aliphatic rings. The zero-order valence-electron chi connectivity index (χ0n) is 7.30. The molecule has 0 amide bonds. The zero-order valence-corrected chi connectivity index (χ0v) is 7.30. The van der Waals surface area contributed by atoms with E-state index < -0.39 is 0 Å². The van der Waals surface area contributed by atoms with Crippen LogP contribution in [0.2, 0.25) is 0 Å². The van der Waals surface area contributed by atoms with Crippen molar-refractivity contribution in [2.24, 2.45) is 0 Å². The van der Waals surface area contributed by atoms with Gasteiger partial charge in [-0.25, -0.2) is 5.43 Å². The van der Waals surface area contributed by atoms with Gasteiger partial charge in [0.05, 0.1) is 6.10 Å². The second kappa shape index (κ2) is 2.47. The highest BCUT2D eigenvalue weighted by Crippen LogP contribution is 2.35. The molecule has 0 aromatic heterocycles. The predicted octanol–water partition coefficient (Wildman–Crippen LogP) is 0.369. The Balaban J connectivity index is 1.93. The fraction of sp³-hybridized carbons (Fsp3) is 0.400. The van der Waals surface area contributed by atoms with E-state index >= 15 is 0 Å². The van der Waals surface area contributed by atoms with Gasteiger partial charge in [0.15, 0.2) is 0 Å². The first-order chi connectivity index (χ1) is 6.34. The highest BCUT2D eigenvalue weighted by Gasteiger charge is 2.27. The fourth-order valence-electron chi connectivity index (χ4n) is 2.22. The SMILES string of the molecule is OC1C=CC2=C1CC1=C(C2)NNC1. The average molecular weight is 176 g/mol. The van der Waals surface area contributed by atoms with Crippen LogP contribution in [-0.2, 0) is 0 Å². The van der Waals surface area contributed by atoms with Gasteiger partial charge in [-0.15, -0.1) is 0 Å². The summed E-state index contributed by atoms with van der Waals surface area (Å²) in [7, 11) is 0. The van der Waals surface area contributed by atoms with E-state index in [1.165, 1.54) is 22.4 Å². The molecule has 0 saturated carbocycles. The molecule has 1 atom stereocenters. The molecule has 0 saturated heterocycles. The van der Waals surface area contributed by atoms with Crippen LogP contribution in [0.25, 0.3) is 0 Å². The largest absolute Gasteiger partial charge is 0.385 e. The van der Waals surface area contributed by atoms with E-state index in [-0.39, 0.29) is 6.10 Å². The van der Waals surface area contributed by atoms with Gasteiger partial charge in [-0.2, -0.15) is 0 Å². The molecule has 0 aromatic rings. The van der Waals surface area contributed by atoms with Gasteiger partial charge in [-0.05, 0) is 23.1 Å². The van der Waals surface area contributed by atoms with Crippen molar-refractivity contribution in [3.63, 3.8) is 0 Å². The van der Waals surface area contributed by atoms with Crippen LogP contribution in [0.1, 0.15) is 12.8 Å². The molecule has 0 fully saturated rings. The Bertz CT molecular complexity index is 352. The lowest BCUT2D eigenvalue weighted by atomic mass is 9.91. The number of hydrazine groups is 1. The third-order valence-corrected chi connectivity index (χ3v) is 2.99. The summed E-state index contributed by atoms with van der Waals surface area (Å²) in [6.07, 6.45) is 5.47. The summed E-state index contributed by atoms with van der Waals surface area (Å²) in [5, 5.41) is 9.64. The van der Waals surface area contributed by atoms with E-state index in [4.69, 9.17) is 0 Å². The van der Waals surface area contributed by atoms with Crippen LogP contribution in [0.3, 0.4) is 0 Å². The molecule has 2 aliphatic carbocycles. The van der Waals surface area contributed by atoms with Crippen molar-refractivity contribution in [1.82, 2.24) is 10.9 Å². The number of nitrogens with one attached hydrogen (secondary N) is 2. The van der Waals surface area contributed by atoms with Gasteiger partial charge in [0.1, 0.15) is 0 Å². The topological polar surface area (TPSA) is 44.3 Å². The first kappa shape index (κ1) is 7.35.